The molecule has 0 radical (unpaired) electrons. The van der Waals surface area contributed by atoms with Gasteiger partial charge in [0.05, 0.1) is 6.61 Å². The van der Waals surface area contributed by atoms with Gasteiger partial charge in [-0.05, 0) is 26.5 Å². The lowest BCUT2D eigenvalue weighted by atomic mass is 10.1. The summed E-state index contributed by atoms with van der Waals surface area (Å²) in [6.45, 7) is 8.12. The van der Waals surface area contributed by atoms with Crippen molar-refractivity contribution in [1.82, 2.24) is 0 Å². The first-order valence-corrected chi connectivity index (χ1v) is 7.34. The van der Waals surface area contributed by atoms with Gasteiger partial charge in [-0.3, -0.25) is 9.09 Å². The molecule has 1 unspecified atom stereocenters. The smallest absolute Gasteiger partial charge is 0.306 e. The van der Waals surface area contributed by atoms with Crippen molar-refractivity contribution >= 4 is 19.4 Å². The fraction of sp³-hybridized carbons (Fsp3) is 0.778. The zero-order valence-electron chi connectivity index (χ0n) is 9.07. The van der Waals surface area contributed by atoms with E-state index < -0.39 is 13.2 Å². The molecule has 0 aromatic heterocycles. The van der Waals surface area contributed by atoms with Crippen molar-refractivity contribution in [3.05, 3.63) is 10.7 Å². The van der Waals surface area contributed by atoms with Crippen LogP contribution in [0.1, 0.15) is 27.7 Å². The zero-order chi connectivity index (χ0) is 10.8. The van der Waals surface area contributed by atoms with Crippen molar-refractivity contribution in [3.8, 4) is 0 Å². The number of rotatable bonds is 4. The molecular formula is C9H17O3PS. The minimum Gasteiger partial charge on any atom is -0.306 e. The summed E-state index contributed by atoms with van der Waals surface area (Å²) in [5.41, 5.74) is -0.467. The lowest BCUT2D eigenvalue weighted by Crippen LogP contribution is -2.19. The van der Waals surface area contributed by atoms with Crippen molar-refractivity contribution in [2.45, 2.75) is 33.3 Å². The third-order valence-corrected chi connectivity index (χ3v) is 5.12. The topological polar surface area (TPSA) is 35.5 Å². The number of hydrogen-bond donors (Lipinski definition) is 0. The first-order chi connectivity index (χ1) is 6.43. The molecule has 0 saturated heterocycles. The summed E-state index contributed by atoms with van der Waals surface area (Å²) >= 11 is 1.66. The van der Waals surface area contributed by atoms with Crippen molar-refractivity contribution in [2.24, 2.45) is 0 Å². The first-order valence-electron chi connectivity index (χ1n) is 4.74. The van der Waals surface area contributed by atoms with E-state index in [1.54, 1.807) is 17.6 Å². The van der Waals surface area contributed by atoms with Crippen molar-refractivity contribution in [2.75, 3.05) is 12.4 Å². The zero-order valence-corrected chi connectivity index (χ0v) is 10.8. The Hall–Kier alpha value is 0.240. The molecule has 0 aliphatic carbocycles. The highest BCUT2D eigenvalue weighted by atomic mass is 32.2. The van der Waals surface area contributed by atoms with Crippen LogP contribution in [-0.2, 0) is 13.6 Å². The van der Waals surface area contributed by atoms with Crippen LogP contribution >= 0.6 is 19.4 Å². The second-order valence-corrected chi connectivity index (χ2v) is 6.57. The van der Waals surface area contributed by atoms with Gasteiger partial charge in [-0.25, -0.2) is 0 Å². The lowest BCUT2D eigenvalue weighted by Gasteiger charge is -2.22. The Kier molecular flexibility index (Phi) is 3.87. The molecule has 0 aromatic rings. The van der Waals surface area contributed by atoms with Crippen LogP contribution in [0.25, 0.3) is 0 Å². The highest BCUT2D eigenvalue weighted by Gasteiger charge is 2.42. The van der Waals surface area contributed by atoms with Crippen LogP contribution in [-0.4, -0.2) is 18.0 Å². The molecule has 0 N–H and O–H groups in total. The minimum atomic E-state index is -2.96. The second kappa shape index (κ2) is 4.40. The molecule has 14 heavy (non-hydrogen) atoms. The Morgan fingerprint density at radius 3 is 2.71 bits per heavy atom. The van der Waals surface area contributed by atoms with E-state index in [0.717, 1.165) is 10.7 Å². The van der Waals surface area contributed by atoms with Gasteiger partial charge < -0.3 is 4.52 Å². The van der Waals surface area contributed by atoms with Crippen LogP contribution in [0.15, 0.2) is 10.7 Å². The van der Waals surface area contributed by atoms with Gasteiger partial charge in [0.25, 0.3) is 0 Å². The summed E-state index contributed by atoms with van der Waals surface area (Å²) in [6.07, 6.45) is 0. The average molecular weight is 236 g/mol. The lowest BCUT2D eigenvalue weighted by molar-refractivity contribution is 0.134. The van der Waals surface area contributed by atoms with Crippen molar-refractivity contribution < 1.29 is 13.6 Å². The standard InChI is InChI=1S/C9H17O3PS/c1-5-11-13(10)7-8(14-6-2)9(3,4)12-13/h7H,5-6H2,1-4H3. The van der Waals surface area contributed by atoms with Gasteiger partial charge in [-0.1, -0.05) is 6.92 Å². The molecule has 5 heteroatoms. The van der Waals surface area contributed by atoms with Gasteiger partial charge in [0, 0.05) is 10.7 Å². The third kappa shape index (κ3) is 2.63. The highest BCUT2D eigenvalue weighted by molar-refractivity contribution is 8.03. The molecule has 0 amide bonds. The largest absolute Gasteiger partial charge is 0.355 e. The van der Waals surface area contributed by atoms with Gasteiger partial charge >= 0.3 is 7.60 Å². The molecule has 0 spiro atoms. The maximum absolute atomic E-state index is 12.0. The number of hydrogen-bond acceptors (Lipinski definition) is 4. The van der Waals surface area contributed by atoms with E-state index in [-0.39, 0.29) is 0 Å². The molecule has 82 valence electrons. The predicted octanol–water partition coefficient (Wildman–Crippen LogP) is 3.62. The van der Waals surface area contributed by atoms with E-state index in [2.05, 4.69) is 6.92 Å². The summed E-state index contributed by atoms with van der Waals surface area (Å²) in [6, 6.07) is 0. The summed E-state index contributed by atoms with van der Waals surface area (Å²) in [7, 11) is -2.96. The fourth-order valence-electron chi connectivity index (χ4n) is 1.30. The van der Waals surface area contributed by atoms with E-state index in [1.807, 2.05) is 20.8 Å². The van der Waals surface area contributed by atoms with Crippen LogP contribution in [0.3, 0.4) is 0 Å². The molecule has 0 fully saturated rings. The molecule has 1 rings (SSSR count). The monoisotopic (exact) mass is 236 g/mol. The SMILES string of the molecule is CCOP1(=O)C=C(SCC)C(C)(C)O1. The molecule has 3 nitrogen and oxygen atoms in total. The van der Waals surface area contributed by atoms with Gasteiger partial charge in [-0.2, -0.15) is 0 Å². The van der Waals surface area contributed by atoms with Crippen molar-refractivity contribution in [1.29, 1.82) is 0 Å². The van der Waals surface area contributed by atoms with E-state index in [1.165, 1.54) is 0 Å². The molecule has 0 saturated carbocycles. The first kappa shape index (κ1) is 12.3. The van der Waals surface area contributed by atoms with Gasteiger partial charge in [0.2, 0.25) is 0 Å². The van der Waals surface area contributed by atoms with Crippen LogP contribution in [0.5, 0.6) is 0 Å². The molecule has 1 aliphatic rings. The average Bonchev–Trinajstić information content (AvgIpc) is 2.23. The van der Waals surface area contributed by atoms with E-state index >= 15 is 0 Å². The third-order valence-electron chi connectivity index (χ3n) is 1.83. The van der Waals surface area contributed by atoms with Gasteiger partial charge in [0.15, 0.2) is 0 Å². The molecule has 0 bridgehead atoms. The van der Waals surface area contributed by atoms with Crippen LogP contribution in [0.2, 0.25) is 0 Å². The normalized spacial score (nSPS) is 30.4. The molecule has 1 atom stereocenters. The molecule has 1 heterocycles. The molecule has 0 aromatic carbocycles. The minimum absolute atomic E-state index is 0.411. The Morgan fingerprint density at radius 2 is 2.21 bits per heavy atom. The Morgan fingerprint density at radius 1 is 1.57 bits per heavy atom. The maximum atomic E-state index is 12.0. The summed E-state index contributed by atoms with van der Waals surface area (Å²) < 4.78 is 22.6. The summed E-state index contributed by atoms with van der Waals surface area (Å²) in [5.74, 6) is 2.61. The predicted molar refractivity (Wildman–Crippen MR) is 60.6 cm³/mol. The Balaban J connectivity index is 2.85. The Labute approximate surface area is 89.8 Å². The maximum Gasteiger partial charge on any atom is 0.355 e. The summed E-state index contributed by atoms with van der Waals surface area (Å²) in [4.78, 5) is 1.01. The van der Waals surface area contributed by atoms with Gasteiger partial charge in [0.1, 0.15) is 5.60 Å². The van der Waals surface area contributed by atoms with Gasteiger partial charge in [-0.15, -0.1) is 11.8 Å². The molecule has 1 aliphatic heterocycles. The fourth-order valence-corrected chi connectivity index (χ4v) is 4.62. The van der Waals surface area contributed by atoms with E-state index in [0.29, 0.717) is 6.61 Å². The van der Waals surface area contributed by atoms with Crippen LogP contribution < -0.4 is 0 Å². The second-order valence-electron chi connectivity index (χ2n) is 3.49. The highest BCUT2D eigenvalue weighted by Crippen LogP contribution is 2.62. The van der Waals surface area contributed by atoms with Crippen LogP contribution in [0, 0.1) is 0 Å². The van der Waals surface area contributed by atoms with Crippen molar-refractivity contribution in [3.63, 3.8) is 0 Å². The Bertz CT molecular complexity index is 286. The quantitative estimate of drug-likeness (QED) is 0.698. The van der Waals surface area contributed by atoms with E-state index in [4.69, 9.17) is 9.05 Å². The van der Waals surface area contributed by atoms with Crippen LogP contribution in [0.4, 0.5) is 0 Å². The summed E-state index contributed by atoms with van der Waals surface area (Å²) in [5, 5.41) is 0. The van der Waals surface area contributed by atoms with E-state index in [9.17, 15) is 4.57 Å². The molecular weight excluding hydrogens is 219 g/mol. The number of thioether (sulfide) groups is 1.